The van der Waals surface area contributed by atoms with E-state index in [0.29, 0.717) is 32.5 Å². The molecular formula is C25H31F2N5O2. The highest BCUT2D eigenvalue weighted by molar-refractivity contribution is 5.94. The molecular weight excluding hydrogens is 440 g/mol. The van der Waals surface area contributed by atoms with Gasteiger partial charge in [0.1, 0.15) is 23.3 Å². The number of benzene rings is 1. The summed E-state index contributed by atoms with van der Waals surface area (Å²) in [6, 6.07) is 3.00. The molecule has 2 fully saturated rings. The van der Waals surface area contributed by atoms with E-state index in [-0.39, 0.29) is 23.3 Å². The van der Waals surface area contributed by atoms with Gasteiger partial charge in [-0.05, 0) is 50.7 Å². The molecule has 0 aliphatic carbocycles. The molecule has 3 aliphatic heterocycles. The maximum absolute atomic E-state index is 14.0. The first kappa shape index (κ1) is 22.9. The summed E-state index contributed by atoms with van der Waals surface area (Å²) in [5.41, 5.74) is -0.127. The Labute approximate surface area is 198 Å². The van der Waals surface area contributed by atoms with Crippen LogP contribution in [0.3, 0.4) is 0 Å². The van der Waals surface area contributed by atoms with Crippen molar-refractivity contribution < 1.29 is 18.4 Å². The summed E-state index contributed by atoms with van der Waals surface area (Å²) in [5, 5.41) is 8.95. The third-order valence-electron chi connectivity index (χ3n) is 7.53. The zero-order valence-electron chi connectivity index (χ0n) is 19.4. The van der Waals surface area contributed by atoms with Crippen LogP contribution in [-0.4, -0.2) is 62.6 Å². The fourth-order valence-corrected chi connectivity index (χ4v) is 5.62. The van der Waals surface area contributed by atoms with E-state index in [1.165, 1.54) is 12.5 Å². The standard InChI is InChI=1S/C25H31F2N5O2/c26-19-7-8-20(21(27)15-19)25(34)30-13-9-17(10-14-30)24(33)31-11-4-5-18(16-31)23-29-28-22-6-2-1-3-12-32(22)23/h7-8,15,17-18H,1-6,9-14,16H2. The third kappa shape index (κ3) is 4.57. The first-order valence-corrected chi connectivity index (χ1v) is 12.5. The number of aromatic nitrogens is 3. The lowest BCUT2D eigenvalue weighted by Gasteiger charge is -2.37. The molecule has 0 radical (unpaired) electrons. The number of carbonyl (C=O) groups excluding carboxylic acids is 2. The molecule has 0 saturated carbocycles. The smallest absolute Gasteiger partial charge is 0.256 e. The number of aryl methyl sites for hydroxylation is 1. The van der Waals surface area contributed by atoms with E-state index in [9.17, 15) is 18.4 Å². The van der Waals surface area contributed by atoms with Crippen molar-refractivity contribution in [2.24, 2.45) is 5.92 Å². The number of hydrogen-bond donors (Lipinski definition) is 0. The Kier molecular flexibility index (Phi) is 6.61. The van der Waals surface area contributed by atoms with Gasteiger partial charge in [0.05, 0.1) is 5.56 Å². The molecule has 9 heteroatoms. The van der Waals surface area contributed by atoms with Crippen LogP contribution in [0.25, 0.3) is 0 Å². The van der Waals surface area contributed by atoms with Gasteiger partial charge in [0.25, 0.3) is 5.91 Å². The van der Waals surface area contributed by atoms with Crippen LogP contribution in [0.15, 0.2) is 18.2 Å². The molecule has 182 valence electrons. The SMILES string of the molecule is O=C(c1ccc(F)cc1F)N1CCC(C(=O)N2CCCC(c3nnc4n3CCCCC4)C2)CC1. The molecule has 1 aromatic heterocycles. The number of rotatable bonds is 3. The van der Waals surface area contributed by atoms with E-state index in [0.717, 1.165) is 69.0 Å². The Balaban J connectivity index is 1.19. The second-order valence-electron chi connectivity index (χ2n) is 9.75. The monoisotopic (exact) mass is 471 g/mol. The molecule has 0 bridgehead atoms. The van der Waals surface area contributed by atoms with Gasteiger partial charge in [0, 0.05) is 57.0 Å². The van der Waals surface area contributed by atoms with Gasteiger partial charge in [-0.15, -0.1) is 10.2 Å². The molecule has 0 spiro atoms. The predicted molar refractivity (Wildman–Crippen MR) is 121 cm³/mol. The second kappa shape index (κ2) is 9.80. The van der Waals surface area contributed by atoms with Crippen molar-refractivity contribution in [2.75, 3.05) is 26.2 Å². The highest BCUT2D eigenvalue weighted by Crippen LogP contribution is 2.30. The number of likely N-dealkylation sites (tertiary alicyclic amines) is 2. The second-order valence-corrected chi connectivity index (χ2v) is 9.75. The van der Waals surface area contributed by atoms with Gasteiger partial charge in [-0.3, -0.25) is 9.59 Å². The predicted octanol–water partition coefficient (Wildman–Crippen LogP) is 3.54. The molecule has 7 nitrogen and oxygen atoms in total. The first-order chi connectivity index (χ1) is 16.5. The summed E-state index contributed by atoms with van der Waals surface area (Å²) >= 11 is 0. The molecule has 2 amide bonds. The van der Waals surface area contributed by atoms with Gasteiger partial charge in [0.15, 0.2) is 0 Å². The number of amides is 2. The fourth-order valence-electron chi connectivity index (χ4n) is 5.62. The lowest BCUT2D eigenvalue weighted by atomic mass is 9.91. The van der Waals surface area contributed by atoms with Crippen LogP contribution in [0, 0.1) is 17.6 Å². The normalized spacial score (nSPS) is 21.8. The molecule has 2 saturated heterocycles. The molecule has 34 heavy (non-hydrogen) atoms. The largest absolute Gasteiger partial charge is 0.342 e. The first-order valence-electron chi connectivity index (χ1n) is 12.5. The van der Waals surface area contributed by atoms with E-state index in [1.807, 2.05) is 4.90 Å². The summed E-state index contributed by atoms with van der Waals surface area (Å²) in [4.78, 5) is 29.5. The summed E-state index contributed by atoms with van der Waals surface area (Å²) < 4.78 is 29.5. The fraction of sp³-hybridized carbons (Fsp3) is 0.600. The van der Waals surface area contributed by atoms with Crippen LogP contribution in [0.4, 0.5) is 8.78 Å². The van der Waals surface area contributed by atoms with Crippen LogP contribution < -0.4 is 0 Å². The van der Waals surface area contributed by atoms with Crippen molar-refractivity contribution in [1.29, 1.82) is 0 Å². The van der Waals surface area contributed by atoms with E-state index in [4.69, 9.17) is 0 Å². The maximum Gasteiger partial charge on any atom is 0.256 e. The lowest BCUT2D eigenvalue weighted by molar-refractivity contribution is -0.138. The average Bonchev–Trinajstić information content (AvgIpc) is 3.11. The van der Waals surface area contributed by atoms with Crippen LogP contribution in [-0.2, 0) is 17.8 Å². The zero-order chi connectivity index (χ0) is 23.7. The molecule has 4 heterocycles. The Morgan fingerprint density at radius 2 is 1.71 bits per heavy atom. The van der Waals surface area contributed by atoms with E-state index >= 15 is 0 Å². The topological polar surface area (TPSA) is 71.3 Å². The summed E-state index contributed by atoms with van der Waals surface area (Å²) in [6.07, 6.45) is 7.55. The Hall–Kier alpha value is -2.84. The highest BCUT2D eigenvalue weighted by Gasteiger charge is 2.35. The average molecular weight is 472 g/mol. The van der Waals surface area contributed by atoms with Gasteiger partial charge >= 0.3 is 0 Å². The molecule has 1 unspecified atom stereocenters. The van der Waals surface area contributed by atoms with Gasteiger partial charge in [-0.25, -0.2) is 8.78 Å². The summed E-state index contributed by atoms with van der Waals surface area (Å²) in [5.74, 6) is 0.293. The minimum absolute atomic E-state index is 0.127. The van der Waals surface area contributed by atoms with Crippen LogP contribution >= 0.6 is 0 Å². The van der Waals surface area contributed by atoms with E-state index < -0.39 is 17.5 Å². The van der Waals surface area contributed by atoms with Crippen molar-refractivity contribution >= 4 is 11.8 Å². The third-order valence-corrected chi connectivity index (χ3v) is 7.53. The van der Waals surface area contributed by atoms with Crippen LogP contribution in [0.2, 0.25) is 0 Å². The van der Waals surface area contributed by atoms with Crippen molar-refractivity contribution in [3.63, 3.8) is 0 Å². The summed E-state index contributed by atoms with van der Waals surface area (Å²) in [7, 11) is 0. The maximum atomic E-state index is 14.0. The minimum atomic E-state index is -0.853. The minimum Gasteiger partial charge on any atom is -0.342 e. The molecule has 1 aromatic carbocycles. The quantitative estimate of drug-likeness (QED) is 0.687. The van der Waals surface area contributed by atoms with Crippen molar-refractivity contribution in [2.45, 2.75) is 63.8 Å². The zero-order valence-corrected chi connectivity index (χ0v) is 19.4. The summed E-state index contributed by atoms with van der Waals surface area (Å²) in [6.45, 7) is 3.15. The van der Waals surface area contributed by atoms with E-state index in [1.54, 1.807) is 4.90 Å². The number of carbonyl (C=O) groups is 2. The van der Waals surface area contributed by atoms with Crippen LogP contribution in [0.5, 0.6) is 0 Å². The van der Waals surface area contributed by atoms with Gasteiger partial charge in [-0.1, -0.05) is 6.42 Å². The Bertz CT molecular complexity index is 1060. The molecule has 3 aliphatic rings. The number of halogens is 2. The number of nitrogens with zero attached hydrogens (tertiary/aromatic N) is 5. The Morgan fingerprint density at radius 1 is 0.882 bits per heavy atom. The molecule has 1 atom stereocenters. The van der Waals surface area contributed by atoms with Crippen molar-refractivity contribution in [3.05, 3.63) is 47.0 Å². The number of piperidine rings is 2. The Morgan fingerprint density at radius 3 is 2.50 bits per heavy atom. The van der Waals surface area contributed by atoms with Crippen LogP contribution in [0.1, 0.15) is 72.9 Å². The van der Waals surface area contributed by atoms with Crippen molar-refractivity contribution in [3.8, 4) is 0 Å². The van der Waals surface area contributed by atoms with E-state index in [2.05, 4.69) is 14.8 Å². The molecule has 2 aromatic rings. The highest BCUT2D eigenvalue weighted by atomic mass is 19.1. The van der Waals surface area contributed by atoms with Gasteiger partial charge in [-0.2, -0.15) is 0 Å². The lowest BCUT2D eigenvalue weighted by Crippen LogP contribution is -2.47. The molecule has 0 N–H and O–H groups in total. The van der Waals surface area contributed by atoms with Gasteiger partial charge in [0.2, 0.25) is 5.91 Å². The molecule has 5 rings (SSSR count). The number of fused-ring (bicyclic) bond motifs is 1. The number of hydrogen-bond acceptors (Lipinski definition) is 4. The van der Waals surface area contributed by atoms with Crippen molar-refractivity contribution in [1.82, 2.24) is 24.6 Å². The van der Waals surface area contributed by atoms with Gasteiger partial charge < -0.3 is 14.4 Å².